The lowest BCUT2D eigenvalue weighted by molar-refractivity contribution is 0.239. The molecular weight excluding hydrogens is 203 g/mol. The molecule has 4 heteroatoms. The van der Waals surface area contributed by atoms with E-state index in [0.717, 1.165) is 11.3 Å². The van der Waals surface area contributed by atoms with Crippen molar-refractivity contribution in [3.8, 4) is 5.75 Å². The van der Waals surface area contributed by atoms with Crippen molar-refractivity contribution in [2.24, 2.45) is 0 Å². The molecule has 88 valence electrons. The van der Waals surface area contributed by atoms with E-state index < -0.39 is 7.12 Å². The van der Waals surface area contributed by atoms with Gasteiger partial charge in [0.15, 0.2) is 0 Å². The second-order valence-electron chi connectivity index (χ2n) is 4.49. The lowest BCUT2D eigenvalue weighted by atomic mass is 9.78. The Kier molecular flexibility index (Phi) is 4.39. The van der Waals surface area contributed by atoms with Crippen LogP contribution in [0.2, 0.25) is 0 Å². The molecule has 1 rings (SSSR count). The molecule has 2 N–H and O–H groups in total. The predicted octanol–water partition coefficient (Wildman–Crippen LogP) is 1.28. The van der Waals surface area contributed by atoms with Gasteiger partial charge in [-0.1, -0.05) is 26.0 Å². The number of hydrogen-bond acceptors (Lipinski definition) is 3. The lowest BCUT2D eigenvalue weighted by Crippen LogP contribution is -2.30. The van der Waals surface area contributed by atoms with Crippen LogP contribution in [0.3, 0.4) is 0 Å². The average molecular weight is 222 g/mol. The van der Waals surface area contributed by atoms with Gasteiger partial charge in [0, 0.05) is 0 Å². The highest BCUT2D eigenvalue weighted by Crippen LogP contribution is 2.26. The molecule has 0 heterocycles. The van der Waals surface area contributed by atoms with E-state index in [9.17, 15) is 0 Å². The zero-order valence-corrected chi connectivity index (χ0v) is 10.3. The Bertz CT molecular complexity index is 348. The van der Waals surface area contributed by atoms with E-state index in [-0.39, 0.29) is 12.0 Å². The molecule has 0 unspecified atom stereocenters. The Balaban J connectivity index is 3.09. The van der Waals surface area contributed by atoms with E-state index >= 15 is 0 Å². The summed E-state index contributed by atoms with van der Waals surface area (Å²) in [5, 5.41) is 18.2. The first-order valence-electron chi connectivity index (χ1n) is 5.58. The molecule has 1 aromatic carbocycles. The minimum atomic E-state index is -1.43. The smallest absolute Gasteiger partial charge is 0.488 e. The molecule has 0 aliphatic heterocycles. The van der Waals surface area contributed by atoms with Crippen LogP contribution in [-0.2, 0) is 0 Å². The number of benzene rings is 1. The number of hydrogen-bond donors (Lipinski definition) is 2. The van der Waals surface area contributed by atoms with Crippen LogP contribution in [0.5, 0.6) is 5.75 Å². The topological polar surface area (TPSA) is 49.7 Å². The van der Waals surface area contributed by atoms with Gasteiger partial charge in [-0.2, -0.15) is 0 Å². The standard InChI is InChI=1S/C12H19BO3/c1-8(2)11-7-10(13(14)15)5-6-12(11)16-9(3)4/h5-9,14-15H,1-4H3. The molecule has 16 heavy (non-hydrogen) atoms. The molecule has 1 aromatic rings. The van der Waals surface area contributed by atoms with Crippen molar-refractivity contribution >= 4 is 12.6 Å². The normalized spacial score (nSPS) is 11.0. The quantitative estimate of drug-likeness (QED) is 0.754. The summed E-state index contributed by atoms with van der Waals surface area (Å²) in [6.45, 7) is 8.05. The summed E-state index contributed by atoms with van der Waals surface area (Å²) >= 11 is 0. The fourth-order valence-electron chi connectivity index (χ4n) is 1.54. The van der Waals surface area contributed by atoms with E-state index in [1.165, 1.54) is 0 Å². The molecular formula is C12H19BO3. The summed E-state index contributed by atoms with van der Waals surface area (Å²) < 4.78 is 5.68. The average Bonchev–Trinajstić information content (AvgIpc) is 2.16. The SMILES string of the molecule is CC(C)Oc1ccc(B(O)O)cc1C(C)C. The second kappa shape index (κ2) is 5.37. The first-order chi connectivity index (χ1) is 7.41. The number of ether oxygens (including phenoxy) is 1. The van der Waals surface area contributed by atoms with E-state index in [0.29, 0.717) is 5.46 Å². The van der Waals surface area contributed by atoms with E-state index in [2.05, 4.69) is 13.8 Å². The van der Waals surface area contributed by atoms with Crippen molar-refractivity contribution < 1.29 is 14.8 Å². The summed E-state index contributed by atoms with van der Waals surface area (Å²) in [4.78, 5) is 0. The molecule has 0 amide bonds. The fraction of sp³-hybridized carbons (Fsp3) is 0.500. The highest BCUT2D eigenvalue weighted by Gasteiger charge is 2.16. The van der Waals surface area contributed by atoms with E-state index in [4.69, 9.17) is 14.8 Å². The van der Waals surface area contributed by atoms with E-state index in [1.54, 1.807) is 18.2 Å². The van der Waals surface area contributed by atoms with Crippen LogP contribution in [0, 0.1) is 0 Å². The third-order valence-electron chi connectivity index (χ3n) is 2.32. The van der Waals surface area contributed by atoms with Gasteiger partial charge in [-0.05, 0) is 36.9 Å². The predicted molar refractivity (Wildman–Crippen MR) is 66.1 cm³/mol. The Morgan fingerprint density at radius 1 is 1.12 bits per heavy atom. The highest BCUT2D eigenvalue weighted by atomic mass is 16.5. The van der Waals surface area contributed by atoms with Gasteiger partial charge in [-0.25, -0.2) is 0 Å². The van der Waals surface area contributed by atoms with Gasteiger partial charge in [-0.15, -0.1) is 0 Å². The maximum atomic E-state index is 9.12. The largest absolute Gasteiger partial charge is 0.491 e. The first-order valence-corrected chi connectivity index (χ1v) is 5.58. The van der Waals surface area contributed by atoms with Crippen molar-refractivity contribution in [2.75, 3.05) is 0 Å². The Hall–Kier alpha value is -0.995. The maximum absolute atomic E-state index is 9.12. The molecule has 0 aliphatic carbocycles. The van der Waals surface area contributed by atoms with Crippen molar-refractivity contribution in [3.63, 3.8) is 0 Å². The van der Waals surface area contributed by atoms with Crippen LogP contribution >= 0.6 is 0 Å². The van der Waals surface area contributed by atoms with Crippen LogP contribution in [0.1, 0.15) is 39.2 Å². The molecule has 0 aromatic heterocycles. The molecule has 0 fully saturated rings. The maximum Gasteiger partial charge on any atom is 0.488 e. The van der Waals surface area contributed by atoms with Gasteiger partial charge < -0.3 is 14.8 Å². The Morgan fingerprint density at radius 3 is 2.19 bits per heavy atom. The third-order valence-corrected chi connectivity index (χ3v) is 2.32. The molecule has 0 atom stereocenters. The molecule has 3 nitrogen and oxygen atoms in total. The van der Waals surface area contributed by atoms with Crippen LogP contribution in [0.4, 0.5) is 0 Å². The highest BCUT2D eigenvalue weighted by molar-refractivity contribution is 6.58. The van der Waals surface area contributed by atoms with Gasteiger partial charge in [0.2, 0.25) is 0 Å². The molecule has 0 bridgehead atoms. The van der Waals surface area contributed by atoms with Gasteiger partial charge in [-0.3, -0.25) is 0 Å². The minimum Gasteiger partial charge on any atom is -0.491 e. The Morgan fingerprint density at radius 2 is 1.75 bits per heavy atom. The summed E-state index contributed by atoms with van der Waals surface area (Å²) in [6.07, 6.45) is 0.113. The van der Waals surface area contributed by atoms with Crippen LogP contribution < -0.4 is 10.2 Å². The number of rotatable bonds is 4. The third kappa shape index (κ3) is 3.25. The summed E-state index contributed by atoms with van der Waals surface area (Å²) in [5.74, 6) is 1.10. The molecule has 0 radical (unpaired) electrons. The van der Waals surface area contributed by atoms with Crippen LogP contribution in [-0.4, -0.2) is 23.3 Å². The first kappa shape index (κ1) is 13.1. The van der Waals surface area contributed by atoms with Crippen molar-refractivity contribution in [3.05, 3.63) is 23.8 Å². The summed E-state index contributed by atoms with van der Waals surface area (Å²) in [5.41, 5.74) is 1.50. The second-order valence-corrected chi connectivity index (χ2v) is 4.49. The van der Waals surface area contributed by atoms with Gasteiger partial charge in [0.25, 0.3) is 0 Å². The van der Waals surface area contributed by atoms with Gasteiger partial charge in [0.1, 0.15) is 5.75 Å². The lowest BCUT2D eigenvalue weighted by Gasteiger charge is -2.17. The van der Waals surface area contributed by atoms with Gasteiger partial charge >= 0.3 is 7.12 Å². The Labute approximate surface area is 97.2 Å². The van der Waals surface area contributed by atoms with Crippen molar-refractivity contribution in [1.82, 2.24) is 0 Å². The van der Waals surface area contributed by atoms with Crippen molar-refractivity contribution in [2.45, 2.75) is 39.7 Å². The van der Waals surface area contributed by atoms with Crippen LogP contribution in [0.25, 0.3) is 0 Å². The molecule has 0 aliphatic rings. The van der Waals surface area contributed by atoms with Crippen molar-refractivity contribution in [1.29, 1.82) is 0 Å². The fourth-order valence-corrected chi connectivity index (χ4v) is 1.54. The summed E-state index contributed by atoms with van der Waals surface area (Å²) in [6, 6.07) is 5.26. The monoisotopic (exact) mass is 222 g/mol. The molecule has 0 spiro atoms. The van der Waals surface area contributed by atoms with Gasteiger partial charge in [0.05, 0.1) is 6.10 Å². The van der Waals surface area contributed by atoms with E-state index in [1.807, 2.05) is 13.8 Å². The molecule has 0 saturated carbocycles. The van der Waals surface area contributed by atoms with Crippen LogP contribution in [0.15, 0.2) is 18.2 Å². The summed E-state index contributed by atoms with van der Waals surface area (Å²) in [7, 11) is -1.43. The zero-order chi connectivity index (χ0) is 12.3. The zero-order valence-electron chi connectivity index (χ0n) is 10.3. The molecule has 0 saturated heterocycles. The minimum absolute atomic E-state index is 0.113.